The predicted octanol–water partition coefficient (Wildman–Crippen LogP) is 2.14. The van der Waals surface area contributed by atoms with E-state index in [1.165, 1.54) is 6.92 Å². The summed E-state index contributed by atoms with van der Waals surface area (Å²) in [6.07, 6.45) is 0.766. The molecule has 0 unspecified atom stereocenters. The molecule has 1 N–H and O–H groups in total. The van der Waals surface area contributed by atoms with E-state index in [1.54, 1.807) is 7.11 Å². The standard InChI is InChI=1S/C11H14BrNO2/c1-8(14)13-6-5-9-7-10(12)3-4-11(9)15-2/h3-4,7H,5-6H2,1-2H3,(H,13,14). The molecule has 0 saturated carbocycles. The third kappa shape index (κ3) is 3.91. The normalized spacial score (nSPS) is 9.80. The fourth-order valence-corrected chi connectivity index (χ4v) is 1.72. The van der Waals surface area contributed by atoms with Crippen molar-refractivity contribution in [2.45, 2.75) is 13.3 Å². The summed E-state index contributed by atoms with van der Waals surface area (Å²) in [6, 6.07) is 5.84. The summed E-state index contributed by atoms with van der Waals surface area (Å²) in [7, 11) is 1.64. The molecule has 1 rings (SSSR count). The van der Waals surface area contributed by atoms with Crippen molar-refractivity contribution < 1.29 is 9.53 Å². The Morgan fingerprint density at radius 2 is 2.27 bits per heavy atom. The van der Waals surface area contributed by atoms with Crippen LogP contribution in [0.3, 0.4) is 0 Å². The molecule has 0 radical (unpaired) electrons. The number of ether oxygens (including phenoxy) is 1. The van der Waals surface area contributed by atoms with Gasteiger partial charge in [-0.15, -0.1) is 0 Å². The van der Waals surface area contributed by atoms with Crippen LogP contribution < -0.4 is 10.1 Å². The van der Waals surface area contributed by atoms with E-state index in [2.05, 4.69) is 21.2 Å². The minimum atomic E-state index is -0.0102. The highest BCUT2D eigenvalue weighted by Crippen LogP contribution is 2.22. The van der Waals surface area contributed by atoms with Crippen molar-refractivity contribution >= 4 is 21.8 Å². The summed E-state index contributed by atoms with van der Waals surface area (Å²) < 4.78 is 6.24. The number of hydrogen-bond donors (Lipinski definition) is 1. The second-order valence-corrected chi connectivity index (χ2v) is 4.10. The first kappa shape index (κ1) is 12.0. The van der Waals surface area contributed by atoms with E-state index in [0.29, 0.717) is 6.54 Å². The third-order valence-corrected chi connectivity index (χ3v) is 2.50. The van der Waals surface area contributed by atoms with Crippen LogP contribution in [0.15, 0.2) is 22.7 Å². The van der Waals surface area contributed by atoms with Crippen LogP contribution in [-0.4, -0.2) is 19.6 Å². The van der Waals surface area contributed by atoms with Crippen LogP contribution in [0.25, 0.3) is 0 Å². The lowest BCUT2D eigenvalue weighted by Crippen LogP contribution is -2.22. The number of halogens is 1. The monoisotopic (exact) mass is 271 g/mol. The minimum Gasteiger partial charge on any atom is -0.496 e. The van der Waals surface area contributed by atoms with Gasteiger partial charge in [0.1, 0.15) is 5.75 Å². The molecular formula is C11H14BrNO2. The first-order valence-electron chi connectivity index (χ1n) is 4.70. The topological polar surface area (TPSA) is 38.3 Å². The van der Waals surface area contributed by atoms with Gasteiger partial charge in [0, 0.05) is 17.9 Å². The fraction of sp³-hybridized carbons (Fsp3) is 0.364. The molecule has 0 fully saturated rings. The summed E-state index contributed by atoms with van der Waals surface area (Å²) in [5.41, 5.74) is 1.08. The van der Waals surface area contributed by atoms with Crippen molar-refractivity contribution in [1.82, 2.24) is 5.32 Å². The Bertz CT molecular complexity index is 352. The zero-order valence-electron chi connectivity index (χ0n) is 8.84. The summed E-state index contributed by atoms with van der Waals surface area (Å²) in [5, 5.41) is 2.75. The van der Waals surface area contributed by atoms with Gasteiger partial charge in [0.2, 0.25) is 5.91 Å². The Balaban J connectivity index is 2.65. The van der Waals surface area contributed by atoms with Gasteiger partial charge in [0.25, 0.3) is 0 Å². The second kappa shape index (κ2) is 5.75. The number of carbonyl (C=O) groups excluding carboxylic acids is 1. The molecule has 0 saturated heterocycles. The number of benzene rings is 1. The van der Waals surface area contributed by atoms with Gasteiger partial charge in [0.05, 0.1) is 7.11 Å². The van der Waals surface area contributed by atoms with Crippen LogP contribution in [-0.2, 0) is 11.2 Å². The highest BCUT2D eigenvalue weighted by molar-refractivity contribution is 9.10. The smallest absolute Gasteiger partial charge is 0.216 e. The Morgan fingerprint density at radius 1 is 1.53 bits per heavy atom. The van der Waals surface area contributed by atoms with Gasteiger partial charge in [-0.3, -0.25) is 4.79 Å². The Labute approximate surface area is 97.9 Å². The van der Waals surface area contributed by atoms with E-state index in [1.807, 2.05) is 18.2 Å². The number of amides is 1. The SMILES string of the molecule is COc1ccc(Br)cc1CCNC(C)=O. The van der Waals surface area contributed by atoms with Gasteiger partial charge in [-0.05, 0) is 30.2 Å². The molecular weight excluding hydrogens is 258 g/mol. The maximum absolute atomic E-state index is 10.7. The van der Waals surface area contributed by atoms with Crippen LogP contribution in [0.4, 0.5) is 0 Å². The lowest BCUT2D eigenvalue weighted by Gasteiger charge is -2.09. The van der Waals surface area contributed by atoms with E-state index in [9.17, 15) is 4.79 Å². The number of hydrogen-bond acceptors (Lipinski definition) is 2. The molecule has 3 nitrogen and oxygen atoms in total. The molecule has 0 aliphatic heterocycles. The van der Waals surface area contributed by atoms with Crippen molar-refractivity contribution in [3.8, 4) is 5.75 Å². The second-order valence-electron chi connectivity index (χ2n) is 3.19. The predicted molar refractivity (Wildman–Crippen MR) is 63.1 cm³/mol. The first-order valence-corrected chi connectivity index (χ1v) is 5.49. The molecule has 1 aromatic rings. The molecule has 0 spiro atoms. The Kier molecular flexibility index (Phi) is 4.62. The minimum absolute atomic E-state index is 0.0102. The number of rotatable bonds is 4. The summed E-state index contributed by atoms with van der Waals surface area (Å²) in [4.78, 5) is 10.7. The Morgan fingerprint density at radius 3 is 2.87 bits per heavy atom. The van der Waals surface area contributed by atoms with Gasteiger partial charge in [0.15, 0.2) is 0 Å². The number of methoxy groups -OCH3 is 1. The third-order valence-electron chi connectivity index (χ3n) is 2.01. The van der Waals surface area contributed by atoms with Crippen LogP contribution >= 0.6 is 15.9 Å². The van der Waals surface area contributed by atoms with E-state index >= 15 is 0 Å². The molecule has 0 aliphatic carbocycles. The van der Waals surface area contributed by atoms with Gasteiger partial charge in [-0.1, -0.05) is 15.9 Å². The van der Waals surface area contributed by atoms with E-state index in [4.69, 9.17) is 4.74 Å². The average molecular weight is 272 g/mol. The first-order chi connectivity index (χ1) is 7.13. The maximum Gasteiger partial charge on any atom is 0.216 e. The van der Waals surface area contributed by atoms with E-state index < -0.39 is 0 Å². The van der Waals surface area contributed by atoms with Crippen molar-refractivity contribution in [2.24, 2.45) is 0 Å². The molecule has 0 aliphatic rings. The van der Waals surface area contributed by atoms with Crippen LogP contribution in [0.2, 0.25) is 0 Å². The summed E-state index contributed by atoms with van der Waals surface area (Å²) >= 11 is 3.40. The van der Waals surface area contributed by atoms with Crippen molar-refractivity contribution in [3.05, 3.63) is 28.2 Å². The zero-order valence-corrected chi connectivity index (χ0v) is 10.4. The van der Waals surface area contributed by atoms with Crippen molar-refractivity contribution in [2.75, 3.05) is 13.7 Å². The van der Waals surface area contributed by atoms with Gasteiger partial charge in [-0.25, -0.2) is 0 Å². The molecule has 82 valence electrons. The van der Waals surface area contributed by atoms with Gasteiger partial charge < -0.3 is 10.1 Å². The summed E-state index contributed by atoms with van der Waals surface area (Å²) in [6.45, 7) is 2.14. The molecule has 1 amide bonds. The lowest BCUT2D eigenvalue weighted by molar-refractivity contribution is -0.118. The quantitative estimate of drug-likeness (QED) is 0.911. The van der Waals surface area contributed by atoms with Crippen LogP contribution in [0.5, 0.6) is 5.75 Å². The highest BCUT2D eigenvalue weighted by Gasteiger charge is 2.03. The molecule has 15 heavy (non-hydrogen) atoms. The molecule has 0 atom stereocenters. The van der Waals surface area contributed by atoms with Crippen LogP contribution in [0.1, 0.15) is 12.5 Å². The lowest BCUT2D eigenvalue weighted by atomic mass is 10.1. The van der Waals surface area contributed by atoms with E-state index in [-0.39, 0.29) is 5.91 Å². The van der Waals surface area contributed by atoms with E-state index in [0.717, 1.165) is 22.2 Å². The Hall–Kier alpha value is -1.03. The molecule has 0 aromatic heterocycles. The zero-order chi connectivity index (χ0) is 11.3. The molecule has 0 bridgehead atoms. The maximum atomic E-state index is 10.7. The van der Waals surface area contributed by atoms with Gasteiger partial charge >= 0.3 is 0 Å². The van der Waals surface area contributed by atoms with Crippen LogP contribution in [0, 0.1) is 0 Å². The average Bonchev–Trinajstić information content (AvgIpc) is 2.17. The van der Waals surface area contributed by atoms with Crippen molar-refractivity contribution in [1.29, 1.82) is 0 Å². The van der Waals surface area contributed by atoms with Crippen molar-refractivity contribution in [3.63, 3.8) is 0 Å². The number of nitrogens with one attached hydrogen (secondary N) is 1. The summed E-state index contributed by atoms with van der Waals surface area (Å²) in [5.74, 6) is 0.840. The largest absolute Gasteiger partial charge is 0.496 e. The molecule has 0 heterocycles. The molecule has 4 heteroatoms. The molecule has 1 aromatic carbocycles. The number of carbonyl (C=O) groups is 1. The fourth-order valence-electron chi connectivity index (χ4n) is 1.32. The van der Waals surface area contributed by atoms with Gasteiger partial charge in [-0.2, -0.15) is 0 Å². The highest BCUT2D eigenvalue weighted by atomic mass is 79.9.